The van der Waals surface area contributed by atoms with Crippen molar-refractivity contribution in [1.29, 1.82) is 0 Å². The summed E-state index contributed by atoms with van der Waals surface area (Å²) >= 11 is 0. The van der Waals surface area contributed by atoms with E-state index in [4.69, 9.17) is 9.84 Å². The van der Waals surface area contributed by atoms with Gasteiger partial charge in [0.15, 0.2) is 5.65 Å². The van der Waals surface area contributed by atoms with E-state index in [9.17, 15) is 22.8 Å². The third kappa shape index (κ3) is 7.13. The lowest BCUT2D eigenvalue weighted by molar-refractivity contribution is -0.138. The number of aryl methyl sites for hydroxylation is 2. The number of carboxylic acid groups (broad SMARTS) is 1. The fourth-order valence-corrected chi connectivity index (χ4v) is 6.77. The van der Waals surface area contributed by atoms with Gasteiger partial charge < -0.3 is 19.7 Å². The largest absolute Gasteiger partial charge is 0.481 e. The first-order valence-corrected chi connectivity index (χ1v) is 16.0. The molecule has 0 spiro atoms. The second kappa shape index (κ2) is 13.1. The van der Waals surface area contributed by atoms with Crippen LogP contribution < -0.4 is 10.2 Å². The fourth-order valence-electron chi connectivity index (χ4n) is 6.77. The number of halogens is 3. The first kappa shape index (κ1) is 33.3. The number of carbonyl (C=O) groups is 2. The lowest BCUT2D eigenvalue weighted by Crippen LogP contribution is -2.37. The van der Waals surface area contributed by atoms with E-state index in [1.165, 1.54) is 12.3 Å². The van der Waals surface area contributed by atoms with E-state index in [1.807, 2.05) is 11.9 Å². The number of nitrogens with one attached hydrogen (secondary N) is 2. The van der Waals surface area contributed by atoms with Crippen LogP contribution in [-0.4, -0.2) is 69.2 Å². The molecule has 254 valence electrons. The van der Waals surface area contributed by atoms with Crippen molar-refractivity contribution in [2.24, 2.45) is 5.41 Å². The first-order valence-electron chi connectivity index (χ1n) is 16.0. The summed E-state index contributed by atoms with van der Waals surface area (Å²) in [6.07, 6.45) is 2.62. The minimum absolute atomic E-state index is 0.0519. The second-order valence-electron chi connectivity index (χ2n) is 13.0. The van der Waals surface area contributed by atoms with Gasteiger partial charge in [0.05, 0.1) is 29.2 Å². The minimum atomic E-state index is -4.57. The topological polar surface area (TPSA) is 146 Å². The van der Waals surface area contributed by atoms with Gasteiger partial charge in [-0.2, -0.15) is 18.2 Å². The number of H-pyrrole nitrogens is 1. The zero-order chi connectivity index (χ0) is 34.2. The van der Waals surface area contributed by atoms with Crippen LogP contribution in [-0.2, 0) is 22.1 Å². The summed E-state index contributed by atoms with van der Waals surface area (Å²) in [5, 5.41) is 11.7. The van der Waals surface area contributed by atoms with E-state index in [2.05, 4.69) is 30.2 Å². The molecule has 0 atom stereocenters. The Hall–Kier alpha value is -4.59. The van der Waals surface area contributed by atoms with Crippen LogP contribution in [0.2, 0.25) is 0 Å². The van der Waals surface area contributed by atoms with Gasteiger partial charge in [0.25, 0.3) is 5.91 Å². The van der Waals surface area contributed by atoms with Crippen molar-refractivity contribution in [2.45, 2.75) is 70.4 Å². The molecule has 0 unspecified atom stereocenters. The summed E-state index contributed by atoms with van der Waals surface area (Å²) in [5.74, 6) is -1.56. The Morgan fingerprint density at radius 1 is 1.15 bits per heavy atom. The van der Waals surface area contributed by atoms with Crippen LogP contribution in [0.15, 0.2) is 30.5 Å². The molecular weight excluding hydrogens is 627 g/mol. The van der Waals surface area contributed by atoms with Gasteiger partial charge in [-0.3, -0.25) is 19.9 Å². The number of alkyl halides is 3. The predicted octanol–water partition coefficient (Wildman–Crippen LogP) is 6.53. The van der Waals surface area contributed by atoms with E-state index in [0.717, 1.165) is 37.3 Å². The van der Waals surface area contributed by atoms with Crippen molar-refractivity contribution in [3.8, 4) is 11.3 Å². The minimum Gasteiger partial charge on any atom is -0.481 e. The summed E-state index contributed by atoms with van der Waals surface area (Å²) in [5.41, 5.74) is 2.47. The number of imidazole rings is 1. The molecule has 1 amide bonds. The van der Waals surface area contributed by atoms with Crippen LogP contribution in [0.25, 0.3) is 22.4 Å². The number of aromatic amines is 1. The Morgan fingerprint density at radius 3 is 2.54 bits per heavy atom. The summed E-state index contributed by atoms with van der Waals surface area (Å²) < 4.78 is 48.1. The van der Waals surface area contributed by atoms with Crippen LogP contribution in [0, 0.1) is 12.3 Å². The molecule has 0 aromatic carbocycles. The predicted molar refractivity (Wildman–Crippen MR) is 173 cm³/mol. The first-order chi connectivity index (χ1) is 22.9. The molecule has 4 aromatic heterocycles. The molecule has 6 rings (SSSR count). The lowest BCUT2D eigenvalue weighted by atomic mass is 9.86. The van der Waals surface area contributed by atoms with Gasteiger partial charge in [0.2, 0.25) is 5.95 Å². The molecular formula is C34H38F3N7O4. The number of anilines is 2. The highest BCUT2D eigenvalue weighted by molar-refractivity contribution is 6.03. The third-order valence-electron chi connectivity index (χ3n) is 9.29. The monoisotopic (exact) mass is 665 g/mol. The molecule has 0 radical (unpaired) electrons. The van der Waals surface area contributed by atoms with Crippen molar-refractivity contribution in [1.82, 2.24) is 24.9 Å². The number of pyridine rings is 3. The number of methoxy groups -OCH3 is 1. The SMILES string of the molecule is COCC1(CN(C)c2cc(-c3cnc(C4CC4)c(C(F)(F)F)c3)nc3nc(NC(=O)c4ccc(CCC(=O)O)c(C)n4)[nH]c23)CCCC1. The maximum Gasteiger partial charge on any atom is 0.418 e. The number of amides is 1. The Kier molecular flexibility index (Phi) is 9.12. The van der Waals surface area contributed by atoms with Crippen molar-refractivity contribution in [3.05, 3.63) is 58.7 Å². The quantitative estimate of drug-likeness (QED) is 0.154. The molecule has 2 saturated carbocycles. The molecule has 2 aliphatic carbocycles. The Bertz CT molecular complexity index is 1850. The van der Waals surface area contributed by atoms with Crippen molar-refractivity contribution in [3.63, 3.8) is 0 Å². The third-order valence-corrected chi connectivity index (χ3v) is 9.29. The molecule has 3 N–H and O–H groups in total. The molecule has 0 saturated heterocycles. The molecule has 14 heteroatoms. The zero-order valence-corrected chi connectivity index (χ0v) is 27.1. The van der Waals surface area contributed by atoms with Gasteiger partial charge >= 0.3 is 12.1 Å². The smallest absolute Gasteiger partial charge is 0.418 e. The second-order valence-corrected chi connectivity index (χ2v) is 13.0. The maximum absolute atomic E-state index is 14.2. The van der Waals surface area contributed by atoms with Crippen LogP contribution >= 0.6 is 0 Å². The molecule has 2 aliphatic rings. The average molecular weight is 666 g/mol. The van der Waals surface area contributed by atoms with Gasteiger partial charge in [-0.15, -0.1) is 0 Å². The highest BCUT2D eigenvalue weighted by Gasteiger charge is 2.40. The van der Waals surface area contributed by atoms with E-state index in [-0.39, 0.29) is 52.0 Å². The number of aliphatic carboxylic acids is 1. The van der Waals surface area contributed by atoms with Crippen molar-refractivity contribution in [2.75, 3.05) is 37.5 Å². The highest BCUT2D eigenvalue weighted by atomic mass is 19.4. The summed E-state index contributed by atoms with van der Waals surface area (Å²) in [4.78, 5) is 47.1. The number of carbonyl (C=O) groups excluding carboxylic acids is 1. The Morgan fingerprint density at radius 2 is 1.90 bits per heavy atom. The summed E-state index contributed by atoms with van der Waals surface area (Å²) in [6, 6.07) is 6.04. The average Bonchev–Trinajstić information content (AvgIpc) is 3.65. The molecule has 4 aromatic rings. The van der Waals surface area contributed by atoms with Gasteiger partial charge in [-0.05, 0) is 62.8 Å². The number of hydrogen-bond acceptors (Lipinski definition) is 8. The fraction of sp³-hybridized carbons (Fsp3) is 0.471. The number of ether oxygens (including phenoxy) is 1. The summed E-state index contributed by atoms with van der Waals surface area (Å²) in [7, 11) is 3.60. The molecule has 0 bridgehead atoms. The van der Waals surface area contributed by atoms with Gasteiger partial charge in [0.1, 0.15) is 11.2 Å². The Labute approximate surface area is 275 Å². The zero-order valence-electron chi connectivity index (χ0n) is 27.1. The van der Waals surface area contributed by atoms with Crippen LogP contribution in [0.3, 0.4) is 0 Å². The van der Waals surface area contributed by atoms with Crippen molar-refractivity contribution < 1.29 is 32.6 Å². The van der Waals surface area contributed by atoms with E-state index in [0.29, 0.717) is 49.3 Å². The number of hydrogen-bond donors (Lipinski definition) is 3. The molecule has 4 heterocycles. The molecule has 11 nitrogen and oxygen atoms in total. The summed E-state index contributed by atoms with van der Waals surface area (Å²) in [6.45, 7) is 2.91. The normalized spacial score (nSPS) is 16.0. The van der Waals surface area contributed by atoms with Crippen molar-refractivity contribution >= 4 is 34.7 Å². The lowest BCUT2D eigenvalue weighted by Gasteiger charge is -2.34. The number of rotatable bonds is 12. The van der Waals surface area contributed by atoms with Crippen LogP contribution in [0.5, 0.6) is 0 Å². The van der Waals surface area contributed by atoms with E-state index >= 15 is 0 Å². The molecule has 2 fully saturated rings. The maximum atomic E-state index is 14.2. The van der Waals surface area contributed by atoms with Crippen LogP contribution in [0.1, 0.15) is 83.9 Å². The number of aromatic nitrogens is 5. The standard InChI is InChI=1S/C34H38F3N7O4/c1-19-20(9-11-27(45)46)8-10-24(39-19)31(47)43-32-41-29-26(44(2)17-33(18-48-3)12-4-5-13-33)15-25(40-30(29)42-32)22-14-23(34(35,36)37)28(38-16-22)21-6-7-21/h8,10,14-16,21H,4-7,9,11-13,17-18H2,1-3H3,(H,45,46)(H2,40,41,42,43,47). The molecule has 0 aliphatic heterocycles. The van der Waals surface area contributed by atoms with Gasteiger partial charge in [0, 0.05) is 55.9 Å². The number of carboxylic acids is 1. The molecule has 48 heavy (non-hydrogen) atoms. The number of nitrogens with zero attached hydrogens (tertiary/aromatic N) is 5. The van der Waals surface area contributed by atoms with E-state index < -0.39 is 23.6 Å². The van der Waals surface area contributed by atoms with Crippen LogP contribution in [0.4, 0.5) is 24.8 Å². The highest BCUT2D eigenvalue weighted by Crippen LogP contribution is 2.46. The number of fused-ring (bicyclic) bond motifs is 1. The Balaban J connectivity index is 1.37. The van der Waals surface area contributed by atoms with Gasteiger partial charge in [-0.25, -0.2) is 9.97 Å². The van der Waals surface area contributed by atoms with E-state index in [1.54, 1.807) is 26.2 Å². The van der Waals surface area contributed by atoms with Gasteiger partial charge in [-0.1, -0.05) is 18.9 Å².